The van der Waals surface area contributed by atoms with Gasteiger partial charge in [0.2, 0.25) is 5.91 Å². The second-order valence-corrected chi connectivity index (χ2v) is 5.64. The molecule has 0 saturated carbocycles. The average molecular weight is 323 g/mol. The standard InChI is InChI=1S/C16H16Cl2N2O/c1-10-3-4-13(7-11(10)2)20-16(21)9-19-12-5-6-14(17)15(18)8-12/h3-8,19H,9H2,1-2H3,(H,20,21). The van der Waals surface area contributed by atoms with Crippen molar-refractivity contribution in [2.75, 3.05) is 17.2 Å². The van der Waals surface area contributed by atoms with Gasteiger partial charge in [-0.2, -0.15) is 0 Å². The van der Waals surface area contributed by atoms with Crippen molar-refractivity contribution in [3.8, 4) is 0 Å². The van der Waals surface area contributed by atoms with Crippen molar-refractivity contribution in [1.82, 2.24) is 0 Å². The minimum Gasteiger partial charge on any atom is -0.376 e. The maximum atomic E-state index is 11.9. The number of anilines is 2. The van der Waals surface area contributed by atoms with Crippen LogP contribution in [-0.2, 0) is 4.79 Å². The van der Waals surface area contributed by atoms with Gasteiger partial charge < -0.3 is 10.6 Å². The van der Waals surface area contributed by atoms with Crippen molar-refractivity contribution in [1.29, 1.82) is 0 Å². The van der Waals surface area contributed by atoms with Gasteiger partial charge in [-0.3, -0.25) is 4.79 Å². The van der Waals surface area contributed by atoms with Crippen molar-refractivity contribution >= 4 is 40.5 Å². The quantitative estimate of drug-likeness (QED) is 0.859. The number of benzene rings is 2. The van der Waals surface area contributed by atoms with E-state index >= 15 is 0 Å². The van der Waals surface area contributed by atoms with Crippen molar-refractivity contribution in [2.45, 2.75) is 13.8 Å². The number of nitrogens with one attached hydrogen (secondary N) is 2. The molecule has 2 aromatic rings. The molecule has 0 bridgehead atoms. The van der Waals surface area contributed by atoms with Crippen LogP contribution >= 0.6 is 23.2 Å². The van der Waals surface area contributed by atoms with Crippen LogP contribution in [0.25, 0.3) is 0 Å². The van der Waals surface area contributed by atoms with Crippen LogP contribution in [-0.4, -0.2) is 12.5 Å². The maximum absolute atomic E-state index is 11.9. The van der Waals surface area contributed by atoms with Crippen LogP contribution in [0, 0.1) is 13.8 Å². The van der Waals surface area contributed by atoms with Crippen LogP contribution in [0.2, 0.25) is 10.0 Å². The summed E-state index contributed by atoms with van der Waals surface area (Å²) in [5, 5.41) is 6.79. The fourth-order valence-electron chi connectivity index (χ4n) is 1.81. The summed E-state index contributed by atoms with van der Waals surface area (Å²) < 4.78 is 0. The first-order valence-electron chi connectivity index (χ1n) is 6.52. The van der Waals surface area contributed by atoms with Gasteiger partial charge in [-0.05, 0) is 55.3 Å². The molecule has 0 heterocycles. The van der Waals surface area contributed by atoms with Crippen molar-refractivity contribution in [3.63, 3.8) is 0 Å². The molecule has 0 aromatic heterocycles. The Bertz CT molecular complexity index is 671. The molecule has 21 heavy (non-hydrogen) atoms. The molecule has 110 valence electrons. The third-order valence-corrected chi connectivity index (χ3v) is 3.90. The molecular formula is C16H16Cl2N2O. The van der Waals surface area contributed by atoms with Gasteiger partial charge in [-0.25, -0.2) is 0 Å². The summed E-state index contributed by atoms with van der Waals surface area (Å²) in [6, 6.07) is 11.0. The Balaban J connectivity index is 1.92. The van der Waals surface area contributed by atoms with Crippen molar-refractivity contribution in [2.24, 2.45) is 0 Å². The Labute approximate surface area is 134 Å². The lowest BCUT2D eigenvalue weighted by Crippen LogP contribution is -2.21. The zero-order valence-corrected chi connectivity index (χ0v) is 13.3. The lowest BCUT2D eigenvalue weighted by atomic mass is 10.1. The van der Waals surface area contributed by atoms with E-state index in [1.54, 1.807) is 18.2 Å². The first kappa shape index (κ1) is 15.7. The Morgan fingerprint density at radius 1 is 0.952 bits per heavy atom. The largest absolute Gasteiger partial charge is 0.376 e. The summed E-state index contributed by atoms with van der Waals surface area (Å²) in [6.45, 7) is 4.20. The molecule has 0 atom stereocenters. The molecule has 0 spiro atoms. The molecule has 0 aliphatic rings. The number of aryl methyl sites for hydroxylation is 2. The smallest absolute Gasteiger partial charge is 0.243 e. The predicted octanol–water partition coefficient (Wildman–Crippen LogP) is 4.66. The minimum atomic E-state index is -0.121. The normalized spacial score (nSPS) is 10.3. The first-order chi connectivity index (χ1) is 9.95. The summed E-state index contributed by atoms with van der Waals surface area (Å²) in [5.41, 5.74) is 3.88. The molecule has 5 heteroatoms. The lowest BCUT2D eigenvalue weighted by molar-refractivity contribution is -0.114. The third-order valence-electron chi connectivity index (χ3n) is 3.16. The highest BCUT2D eigenvalue weighted by atomic mass is 35.5. The van der Waals surface area contributed by atoms with Gasteiger partial charge in [0, 0.05) is 11.4 Å². The molecule has 2 aromatic carbocycles. The van der Waals surface area contributed by atoms with Crippen LogP contribution in [0.5, 0.6) is 0 Å². The van der Waals surface area contributed by atoms with Crippen LogP contribution < -0.4 is 10.6 Å². The molecule has 1 amide bonds. The van der Waals surface area contributed by atoms with E-state index < -0.39 is 0 Å². The van der Waals surface area contributed by atoms with Crippen LogP contribution in [0.3, 0.4) is 0 Å². The Kier molecular flexibility index (Phi) is 5.10. The number of amides is 1. The minimum absolute atomic E-state index is 0.121. The maximum Gasteiger partial charge on any atom is 0.243 e. The van der Waals surface area contributed by atoms with Crippen LogP contribution in [0.1, 0.15) is 11.1 Å². The number of hydrogen-bond acceptors (Lipinski definition) is 2. The van der Waals surface area contributed by atoms with Gasteiger partial charge in [0.05, 0.1) is 16.6 Å². The van der Waals surface area contributed by atoms with Gasteiger partial charge in [0.25, 0.3) is 0 Å². The van der Waals surface area contributed by atoms with Crippen LogP contribution in [0.15, 0.2) is 36.4 Å². The van der Waals surface area contributed by atoms with E-state index in [2.05, 4.69) is 10.6 Å². The SMILES string of the molecule is Cc1ccc(NC(=O)CNc2ccc(Cl)c(Cl)c2)cc1C. The molecule has 0 unspecified atom stereocenters. The van der Waals surface area contributed by atoms with Gasteiger partial charge in [-0.15, -0.1) is 0 Å². The number of halogens is 2. The van der Waals surface area contributed by atoms with Crippen molar-refractivity contribution in [3.05, 3.63) is 57.6 Å². The summed E-state index contributed by atoms with van der Waals surface area (Å²) in [6.07, 6.45) is 0. The summed E-state index contributed by atoms with van der Waals surface area (Å²) in [7, 11) is 0. The Morgan fingerprint density at radius 2 is 1.67 bits per heavy atom. The molecule has 0 saturated heterocycles. The highest BCUT2D eigenvalue weighted by Crippen LogP contribution is 2.24. The van der Waals surface area contributed by atoms with E-state index in [0.29, 0.717) is 10.0 Å². The zero-order valence-electron chi connectivity index (χ0n) is 11.8. The van der Waals surface area contributed by atoms with E-state index in [1.807, 2.05) is 32.0 Å². The average Bonchev–Trinajstić information content (AvgIpc) is 2.44. The Morgan fingerprint density at radius 3 is 2.33 bits per heavy atom. The van der Waals surface area contributed by atoms with Gasteiger partial charge in [0.1, 0.15) is 0 Å². The van der Waals surface area contributed by atoms with Crippen LogP contribution in [0.4, 0.5) is 11.4 Å². The van der Waals surface area contributed by atoms with Gasteiger partial charge >= 0.3 is 0 Å². The molecule has 3 nitrogen and oxygen atoms in total. The summed E-state index contributed by atoms with van der Waals surface area (Å²) in [5.74, 6) is -0.121. The highest BCUT2D eigenvalue weighted by Gasteiger charge is 2.04. The second-order valence-electron chi connectivity index (χ2n) is 4.83. The molecule has 0 aliphatic heterocycles. The highest BCUT2D eigenvalue weighted by molar-refractivity contribution is 6.42. The van der Waals surface area contributed by atoms with E-state index in [-0.39, 0.29) is 12.5 Å². The van der Waals surface area contributed by atoms with E-state index in [0.717, 1.165) is 16.9 Å². The molecule has 0 aliphatic carbocycles. The van der Waals surface area contributed by atoms with E-state index in [4.69, 9.17) is 23.2 Å². The fourth-order valence-corrected chi connectivity index (χ4v) is 2.11. The topological polar surface area (TPSA) is 41.1 Å². The Hall–Kier alpha value is -1.71. The van der Waals surface area contributed by atoms with E-state index in [9.17, 15) is 4.79 Å². The second kappa shape index (κ2) is 6.83. The summed E-state index contributed by atoms with van der Waals surface area (Å²) in [4.78, 5) is 11.9. The number of carbonyl (C=O) groups is 1. The molecule has 2 rings (SSSR count). The predicted molar refractivity (Wildman–Crippen MR) is 89.5 cm³/mol. The van der Waals surface area contributed by atoms with Gasteiger partial charge in [-0.1, -0.05) is 29.3 Å². The molecular weight excluding hydrogens is 307 g/mol. The first-order valence-corrected chi connectivity index (χ1v) is 7.27. The lowest BCUT2D eigenvalue weighted by Gasteiger charge is -2.10. The van der Waals surface area contributed by atoms with Gasteiger partial charge in [0.15, 0.2) is 0 Å². The monoisotopic (exact) mass is 322 g/mol. The third kappa shape index (κ3) is 4.38. The summed E-state index contributed by atoms with van der Waals surface area (Å²) >= 11 is 11.8. The molecule has 0 fully saturated rings. The van der Waals surface area contributed by atoms with E-state index in [1.165, 1.54) is 5.56 Å². The number of rotatable bonds is 4. The van der Waals surface area contributed by atoms with Crippen molar-refractivity contribution < 1.29 is 4.79 Å². The fraction of sp³-hybridized carbons (Fsp3) is 0.188. The number of hydrogen-bond donors (Lipinski definition) is 2. The molecule has 2 N–H and O–H groups in total. The zero-order chi connectivity index (χ0) is 15.4. The number of carbonyl (C=O) groups excluding carboxylic acids is 1. The molecule has 0 radical (unpaired) electrons.